The van der Waals surface area contributed by atoms with Gasteiger partial charge in [0, 0.05) is 38.9 Å². The lowest BCUT2D eigenvalue weighted by molar-refractivity contribution is -0.122. The Labute approximate surface area is 118 Å². The molecule has 108 valence electrons. The summed E-state index contributed by atoms with van der Waals surface area (Å²) in [6.45, 7) is 3.01. The number of nitrogens with one attached hydrogen (secondary N) is 1. The van der Waals surface area contributed by atoms with Crippen molar-refractivity contribution in [2.24, 2.45) is 0 Å². The molecule has 0 unspecified atom stereocenters. The second kappa shape index (κ2) is 6.38. The maximum Gasteiger partial charge on any atom is 0.256 e. The number of para-hydroxylation sites is 1. The minimum atomic E-state index is -0.0392. The smallest absolute Gasteiger partial charge is 0.256 e. The standard InChI is InChI=1S/C14H20N4O2/c1-16-13(19)10-17-6-8-18(9-7-17)14(20)11-4-2-3-5-12(11)15/h2-5H,6-10,15H2,1H3,(H,16,19). The topological polar surface area (TPSA) is 78.7 Å². The number of rotatable bonds is 3. The number of hydrogen-bond acceptors (Lipinski definition) is 4. The summed E-state index contributed by atoms with van der Waals surface area (Å²) in [5.74, 6) is -0.0419. The average molecular weight is 276 g/mol. The molecule has 0 radical (unpaired) electrons. The lowest BCUT2D eigenvalue weighted by Crippen LogP contribution is -2.51. The van der Waals surface area contributed by atoms with Crippen molar-refractivity contribution >= 4 is 17.5 Å². The molecular formula is C14H20N4O2. The maximum atomic E-state index is 12.4. The van der Waals surface area contributed by atoms with Crippen molar-refractivity contribution in [1.29, 1.82) is 0 Å². The second-order valence-corrected chi connectivity index (χ2v) is 4.83. The van der Waals surface area contributed by atoms with Gasteiger partial charge in [-0.1, -0.05) is 12.1 Å². The Morgan fingerprint density at radius 1 is 1.20 bits per heavy atom. The van der Waals surface area contributed by atoms with Crippen LogP contribution in [0.3, 0.4) is 0 Å². The van der Waals surface area contributed by atoms with Crippen LogP contribution in [0.25, 0.3) is 0 Å². The van der Waals surface area contributed by atoms with Crippen LogP contribution in [-0.2, 0) is 4.79 Å². The van der Waals surface area contributed by atoms with Crippen molar-refractivity contribution in [3.63, 3.8) is 0 Å². The normalized spacial score (nSPS) is 15.9. The minimum Gasteiger partial charge on any atom is -0.398 e. The zero-order chi connectivity index (χ0) is 14.5. The molecule has 1 aliphatic rings. The van der Waals surface area contributed by atoms with Gasteiger partial charge in [0.05, 0.1) is 12.1 Å². The highest BCUT2D eigenvalue weighted by Crippen LogP contribution is 2.14. The van der Waals surface area contributed by atoms with Crippen LogP contribution in [0.15, 0.2) is 24.3 Å². The second-order valence-electron chi connectivity index (χ2n) is 4.83. The molecule has 1 aromatic rings. The van der Waals surface area contributed by atoms with Crippen molar-refractivity contribution in [1.82, 2.24) is 15.1 Å². The number of likely N-dealkylation sites (N-methyl/N-ethyl adjacent to an activating group) is 1. The molecule has 6 nitrogen and oxygen atoms in total. The molecule has 1 aliphatic heterocycles. The Morgan fingerprint density at radius 3 is 2.45 bits per heavy atom. The molecule has 6 heteroatoms. The molecule has 0 spiro atoms. The first-order chi connectivity index (χ1) is 9.61. The van der Waals surface area contributed by atoms with E-state index in [4.69, 9.17) is 5.73 Å². The Kier molecular flexibility index (Phi) is 4.57. The Morgan fingerprint density at radius 2 is 1.85 bits per heavy atom. The summed E-state index contributed by atoms with van der Waals surface area (Å²) in [5, 5.41) is 2.60. The first-order valence-corrected chi connectivity index (χ1v) is 6.68. The maximum absolute atomic E-state index is 12.4. The Hall–Kier alpha value is -2.08. The third-order valence-electron chi connectivity index (χ3n) is 3.50. The van der Waals surface area contributed by atoms with Gasteiger partial charge in [0.2, 0.25) is 5.91 Å². The summed E-state index contributed by atoms with van der Waals surface area (Å²) < 4.78 is 0. The Balaban J connectivity index is 1.92. The van der Waals surface area contributed by atoms with Gasteiger partial charge in [-0.2, -0.15) is 0 Å². The van der Waals surface area contributed by atoms with Crippen LogP contribution in [0, 0.1) is 0 Å². The highest BCUT2D eigenvalue weighted by atomic mass is 16.2. The lowest BCUT2D eigenvalue weighted by Gasteiger charge is -2.34. The molecule has 0 atom stereocenters. The van der Waals surface area contributed by atoms with E-state index in [0.717, 1.165) is 0 Å². The number of hydrogen-bond donors (Lipinski definition) is 2. The zero-order valence-corrected chi connectivity index (χ0v) is 11.6. The van der Waals surface area contributed by atoms with Gasteiger partial charge >= 0.3 is 0 Å². The first-order valence-electron chi connectivity index (χ1n) is 6.68. The van der Waals surface area contributed by atoms with E-state index < -0.39 is 0 Å². The molecule has 1 heterocycles. The number of nitrogens with zero attached hydrogens (tertiary/aromatic N) is 2. The van der Waals surface area contributed by atoms with Gasteiger partial charge in [0.25, 0.3) is 5.91 Å². The van der Waals surface area contributed by atoms with Gasteiger partial charge in [0.15, 0.2) is 0 Å². The first kappa shape index (κ1) is 14.3. The summed E-state index contributed by atoms with van der Waals surface area (Å²) in [5.41, 5.74) is 6.88. The molecule has 1 saturated heterocycles. The summed E-state index contributed by atoms with van der Waals surface area (Å²) in [4.78, 5) is 27.5. The SMILES string of the molecule is CNC(=O)CN1CCN(C(=O)c2ccccc2N)CC1. The molecule has 1 fully saturated rings. The monoisotopic (exact) mass is 276 g/mol. The summed E-state index contributed by atoms with van der Waals surface area (Å²) in [6, 6.07) is 7.10. The van der Waals surface area contributed by atoms with Crippen LogP contribution >= 0.6 is 0 Å². The predicted octanol–water partition coefficient (Wildman–Crippen LogP) is -0.227. The van der Waals surface area contributed by atoms with Crippen LogP contribution < -0.4 is 11.1 Å². The van der Waals surface area contributed by atoms with Crippen LogP contribution in [-0.4, -0.2) is 61.4 Å². The number of nitrogen functional groups attached to an aromatic ring is 1. The third-order valence-corrected chi connectivity index (χ3v) is 3.50. The van der Waals surface area contributed by atoms with Gasteiger partial charge in [-0.15, -0.1) is 0 Å². The molecular weight excluding hydrogens is 256 g/mol. The fraction of sp³-hybridized carbons (Fsp3) is 0.429. The number of benzene rings is 1. The predicted molar refractivity (Wildman–Crippen MR) is 77.3 cm³/mol. The van der Waals surface area contributed by atoms with Crippen molar-refractivity contribution in [2.75, 3.05) is 45.5 Å². The molecule has 0 bridgehead atoms. The van der Waals surface area contributed by atoms with Gasteiger partial charge in [-0.05, 0) is 12.1 Å². The van der Waals surface area contributed by atoms with E-state index in [2.05, 4.69) is 5.32 Å². The molecule has 20 heavy (non-hydrogen) atoms. The van der Waals surface area contributed by atoms with Gasteiger partial charge in [-0.3, -0.25) is 14.5 Å². The molecule has 0 aromatic heterocycles. The van der Waals surface area contributed by atoms with Gasteiger partial charge < -0.3 is 16.0 Å². The number of anilines is 1. The fourth-order valence-electron chi connectivity index (χ4n) is 2.25. The highest BCUT2D eigenvalue weighted by molar-refractivity contribution is 5.99. The van der Waals surface area contributed by atoms with Crippen molar-refractivity contribution in [3.8, 4) is 0 Å². The number of carbonyl (C=O) groups excluding carboxylic acids is 2. The summed E-state index contributed by atoms with van der Waals surface area (Å²) >= 11 is 0. The van der Waals surface area contributed by atoms with E-state index in [1.54, 1.807) is 24.1 Å². The average Bonchev–Trinajstić information content (AvgIpc) is 2.47. The summed E-state index contributed by atoms with van der Waals surface area (Å²) in [7, 11) is 1.63. The van der Waals surface area contributed by atoms with Crippen molar-refractivity contribution < 1.29 is 9.59 Å². The van der Waals surface area contributed by atoms with E-state index in [1.165, 1.54) is 0 Å². The number of carbonyl (C=O) groups is 2. The molecule has 3 N–H and O–H groups in total. The number of piperazine rings is 1. The molecule has 0 saturated carbocycles. The molecule has 2 amide bonds. The zero-order valence-electron chi connectivity index (χ0n) is 11.6. The number of amides is 2. The van der Waals surface area contributed by atoms with Crippen molar-refractivity contribution in [2.45, 2.75) is 0 Å². The third kappa shape index (κ3) is 3.27. The van der Waals surface area contributed by atoms with E-state index in [0.29, 0.717) is 44.0 Å². The van der Waals surface area contributed by atoms with Crippen LogP contribution in [0.1, 0.15) is 10.4 Å². The largest absolute Gasteiger partial charge is 0.398 e. The molecule has 2 rings (SSSR count). The van der Waals surface area contributed by atoms with Crippen molar-refractivity contribution in [3.05, 3.63) is 29.8 Å². The Bertz CT molecular complexity index is 496. The molecule has 0 aliphatic carbocycles. The van der Waals surface area contributed by atoms with E-state index in [-0.39, 0.29) is 11.8 Å². The molecule has 1 aromatic carbocycles. The quantitative estimate of drug-likeness (QED) is 0.748. The van der Waals surface area contributed by atoms with E-state index in [1.807, 2.05) is 17.0 Å². The van der Waals surface area contributed by atoms with Gasteiger partial charge in [-0.25, -0.2) is 0 Å². The fourth-order valence-corrected chi connectivity index (χ4v) is 2.25. The number of nitrogens with two attached hydrogens (primary N) is 1. The van der Waals surface area contributed by atoms with Crippen LogP contribution in [0.2, 0.25) is 0 Å². The highest BCUT2D eigenvalue weighted by Gasteiger charge is 2.23. The van der Waals surface area contributed by atoms with Gasteiger partial charge in [0.1, 0.15) is 0 Å². The van der Waals surface area contributed by atoms with Crippen LogP contribution in [0.5, 0.6) is 0 Å². The van der Waals surface area contributed by atoms with E-state index in [9.17, 15) is 9.59 Å². The summed E-state index contributed by atoms with van der Waals surface area (Å²) in [6.07, 6.45) is 0. The van der Waals surface area contributed by atoms with Crippen LogP contribution in [0.4, 0.5) is 5.69 Å². The minimum absolute atomic E-state index is 0.00270. The lowest BCUT2D eigenvalue weighted by atomic mass is 10.1. The van der Waals surface area contributed by atoms with E-state index >= 15 is 0 Å².